The van der Waals surface area contributed by atoms with E-state index in [1.165, 1.54) is 17.5 Å². The molecule has 1 saturated heterocycles. The molecule has 0 aromatic heterocycles. The summed E-state index contributed by atoms with van der Waals surface area (Å²) in [5.41, 5.74) is 3.69. The summed E-state index contributed by atoms with van der Waals surface area (Å²) in [6, 6.07) is 6.92. The van der Waals surface area contributed by atoms with Crippen molar-refractivity contribution in [3.63, 3.8) is 0 Å². The molecule has 1 heterocycles. The van der Waals surface area contributed by atoms with Crippen molar-refractivity contribution in [2.24, 2.45) is 0 Å². The van der Waals surface area contributed by atoms with E-state index < -0.39 is 0 Å². The zero-order chi connectivity index (χ0) is 15.2. The minimum atomic E-state index is 0.271. The maximum Gasteiger partial charge on any atom is 0.226 e. The Bertz CT molecular complexity index is 476. The molecule has 1 amide bonds. The van der Waals surface area contributed by atoms with E-state index >= 15 is 0 Å². The van der Waals surface area contributed by atoms with E-state index in [4.69, 9.17) is 0 Å². The first-order chi connectivity index (χ1) is 10.1. The number of hydrogen-bond acceptors (Lipinski definition) is 2. The molecular weight excluding hydrogens is 260 g/mol. The number of nitrogens with one attached hydrogen (secondary N) is 1. The van der Waals surface area contributed by atoms with E-state index in [9.17, 15) is 4.79 Å². The van der Waals surface area contributed by atoms with Crippen molar-refractivity contribution in [2.45, 2.75) is 52.5 Å². The third kappa shape index (κ3) is 4.57. The Hall–Kier alpha value is -1.35. The number of rotatable bonds is 5. The normalized spacial score (nSPS) is 16.2. The fourth-order valence-corrected chi connectivity index (χ4v) is 2.88. The number of piperidine rings is 1. The van der Waals surface area contributed by atoms with Crippen LogP contribution in [0.3, 0.4) is 0 Å². The molecule has 0 bridgehead atoms. The Labute approximate surface area is 128 Å². The topological polar surface area (TPSA) is 32.3 Å². The van der Waals surface area contributed by atoms with Crippen molar-refractivity contribution in [1.82, 2.24) is 10.2 Å². The number of hydrogen-bond donors (Lipinski definition) is 1. The van der Waals surface area contributed by atoms with Crippen molar-refractivity contribution in [3.05, 3.63) is 34.9 Å². The smallest absolute Gasteiger partial charge is 0.226 e. The van der Waals surface area contributed by atoms with Gasteiger partial charge in [0.15, 0.2) is 0 Å². The number of carbonyl (C=O) groups is 1. The van der Waals surface area contributed by atoms with Gasteiger partial charge in [-0.3, -0.25) is 4.79 Å². The highest BCUT2D eigenvalue weighted by Crippen LogP contribution is 2.14. The molecule has 1 aromatic carbocycles. The van der Waals surface area contributed by atoms with Crippen LogP contribution in [0.2, 0.25) is 0 Å². The molecule has 1 aliphatic heterocycles. The minimum Gasteiger partial charge on any atom is -0.342 e. The summed E-state index contributed by atoms with van der Waals surface area (Å²) in [7, 11) is 0. The van der Waals surface area contributed by atoms with Crippen LogP contribution in [0.15, 0.2) is 18.2 Å². The van der Waals surface area contributed by atoms with Crippen LogP contribution in [-0.2, 0) is 11.2 Å². The summed E-state index contributed by atoms with van der Waals surface area (Å²) in [5, 5.41) is 3.56. The van der Waals surface area contributed by atoms with Gasteiger partial charge in [-0.05, 0) is 56.3 Å². The first-order valence-corrected chi connectivity index (χ1v) is 8.17. The lowest BCUT2D eigenvalue weighted by molar-refractivity contribution is -0.131. The van der Waals surface area contributed by atoms with Crippen LogP contribution in [-0.4, -0.2) is 36.5 Å². The van der Waals surface area contributed by atoms with E-state index in [1.807, 2.05) is 4.90 Å². The Kier molecular flexibility index (Phi) is 5.80. The van der Waals surface area contributed by atoms with E-state index in [1.54, 1.807) is 0 Å². The second kappa shape index (κ2) is 7.60. The van der Waals surface area contributed by atoms with Crippen LogP contribution in [0.4, 0.5) is 0 Å². The van der Waals surface area contributed by atoms with Crippen molar-refractivity contribution in [3.8, 4) is 0 Å². The van der Waals surface area contributed by atoms with Crippen LogP contribution >= 0.6 is 0 Å². The third-order valence-electron chi connectivity index (χ3n) is 4.46. The average Bonchev–Trinajstić information content (AvgIpc) is 2.49. The number of carbonyl (C=O) groups excluding carboxylic acids is 1. The standard InChI is InChI=1S/C18H28N2O/c1-4-9-19-17-7-10-20(11-8-17)18(21)13-16-6-5-14(2)15(3)12-16/h5-6,12,17,19H,4,7-11,13H2,1-3H3. The summed E-state index contributed by atoms with van der Waals surface area (Å²) in [6.07, 6.45) is 3.87. The van der Waals surface area contributed by atoms with E-state index in [0.29, 0.717) is 12.5 Å². The molecule has 116 valence electrons. The van der Waals surface area contributed by atoms with Gasteiger partial charge >= 0.3 is 0 Å². The minimum absolute atomic E-state index is 0.271. The Morgan fingerprint density at radius 1 is 1.24 bits per heavy atom. The van der Waals surface area contributed by atoms with Gasteiger partial charge in [0.1, 0.15) is 0 Å². The van der Waals surface area contributed by atoms with Crippen LogP contribution < -0.4 is 5.32 Å². The molecule has 0 spiro atoms. The van der Waals surface area contributed by atoms with Crippen molar-refractivity contribution in [1.29, 1.82) is 0 Å². The lowest BCUT2D eigenvalue weighted by Gasteiger charge is -2.32. The second-order valence-electron chi connectivity index (χ2n) is 6.20. The highest BCUT2D eigenvalue weighted by Gasteiger charge is 2.22. The molecule has 1 aromatic rings. The molecule has 0 unspecified atom stereocenters. The lowest BCUT2D eigenvalue weighted by Crippen LogP contribution is -2.45. The first kappa shape index (κ1) is 16.0. The maximum atomic E-state index is 12.4. The SMILES string of the molecule is CCCNC1CCN(C(=O)Cc2ccc(C)c(C)c2)CC1. The Balaban J connectivity index is 1.83. The fourth-order valence-electron chi connectivity index (χ4n) is 2.88. The molecule has 1 fully saturated rings. The van der Waals surface area contributed by atoms with Gasteiger partial charge in [0.25, 0.3) is 0 Å². The summed E-state index contributed by atoms with van der Waals surface area (Å²) >= 11 is 0. The fraction of sp³-hybridized carbons (Fsp3) is 0.611. The molecule has 3 nitrogen and oxygen atoms in total. The molecule has 0 radical (unpaired) electrons. The van der Waals surface area contributed by atoms with Crippen LogP contribution in [0.5, 0.6) is 0 Å². The lowest BCUT2D eigenvalue weighted by atomic mass is 10.0. The predicted octanol–water partition coefficient (Wildman–Crippen LogP) is 2.84. The van der Waals surface area contributed by atoms with Gasteiger partial charge in [0.05, 0.1) is 6.42 Å². The molecule has 0 aliphatic carbocycles. The predicted molar refractivity (Wildman–Crippen MR) is 87.5 cm³/mol. The van der Waals surface area contributed by atoms with Gasteiger partial charge in [-0.1, -0.05) is 25.1 Å². The number of amides is 1. The van der Waals surface area contributed by atoms with Crippen molar-refractivity contribution in [2.75, 3.05) is 19.6 Å². The maximum absolute atomic E-state index is 12.4. The molecule has 3 heteroatoms. The molecule has 1 N–H and O–H groups in total. The average molecular weight is 288 g/mol. The molecular formula is C18H28N2O. The van der Waals surface area contributed by atoms with Gasteiger partial charge in [0, 0.05) is 19.1 Å². The van der Waals surface area contributed by atoms with Gasteiger partial charge in [-0.25, -0.2) is 0 Å². The summed E-state index contributed by atoms with van der Waals surface area (Å²) in [5.74, 6) is 0.271. The number of benzene rings is 1. The monoisotopic (exact) mass is 288 g/mol. The van der Waals surface area contributed by atoms with Gasteiger partial charge in [-0.2, -0.15) is 0 Å². The number of aryl methyl sites for hydroxylation is 2. The Morgan fingerprint density at radius 3 is 2.57 bits per heavy atom. The molecule has 1 aliphatic rings. The quantitative estimate of drug-likeness (QED) is 0.903. The van der Waals surface area contributed by atoms with Gasteiger partial charge in [-0.15, -0.1) is 0 Å². The van der Waals surface area contributed by atoms with Crippen molar-refractivity contribution >= 4 is 5.91 Å². The van der Waals surface area contributed by atoms with Crippen LogP contribution in [0, 0.1) is 13.8 Å². The largest absolute Gasteiger partial charge is 0.342 e. The zero-order valence-electron chi connectivity index (χ0n) is 13.6. The van der Waals surface area contributed by atoms with Crippen LogP contribution in [0.25, 0.3) is 0 Å². The third-order valence-corrected chi connectivity index (χ3v) is 4.46. The first-order valence-electron chi connectivity index (χ1n) is 8.17. The summed E-state index contributed by atoms with van der Waals surface area (Å²) in [4.78, 5) is 14.4. The number of nitrogens with zero attached hydrogens (tertiary/aromatic N) is 1. The van der Waals surface area contributed by atoms with Gasteiger partial charge in [0.2, 0.25) is 5.91 Å². The summed E-state index contributed by atoms with van der Waals surface area (Å²) < 4.78 is 0. The van der Waals surface area contributed by atoms with Crippen molar-refractivity contribution < 1.29 is 4.79 Å². The van der Waals surface area contributed by atoms with Crippen LogP contribution in [0.1, 0.15) is 42.9 Å². The second-order valence-corrected chi connectivity index (χ2v) is 6.20. The van der Waals surface area contributed by atoms with E-state index in [-0.39, 0.29) is 5.91 Å². The zero-order valence-corrected chi connectivity index (χ0v) is 13.6. The highest BCUT2D eigenvalue weighted by molar-refractivity contribution is 5.79. The summed E-state index contributed by atoms with van der Waals surface area (Å²) in [6.45, 7) is 9.27. The van der Waals surface area contributed by atoms with E-state index in [2.05, 4.69) is 44.3 Å². The number of likely N-dealkylation sites (tertiary alicyclic amines) is 1. The highest BCUT2D eigenvalue weighted by atomic mass is 16.2. The molecule has 21 heavy (non-hydrogen) atoms. The molecule has 0 atom stereocenters. The molecule has 2 rings (SSSR count). The Morgan fingerprint density at radius 2 is 1.95 bits per heavy atom. The molecule has 0 saturated carbocycles. The van der Waals surface area contributed by atoms with Gasteiger partial charge < -0.3 is 10.2 Å². The van der Waals surface area contributed by atoms with E-state index in [0.717, 1.165) is 38.0 Å².